The summed E-state index contributed by atoms with van der Waals surface area (Å²) in [5.41, 5.74) is 5.36. The molecule has 7 heteroatoms. The van der Waals surface area contributed by atoms with Gasteiger partial charge in [-0.15, -0.1) is 0 Å². The number of hydrogen-bond acceptors (Lipinski definition) is 5. The predicted molar refractivity (Wildman–Crippen MR) is 71.3 cm³/mol. The van der Waals surface area contributed by atoms with Gasteiger partial charge in [-0.1, -0.05) is 20.8 Å². The first kappa shape index (κ1) is 14.9. The van der Waals surface area contributed by atoms with Crippen molar-refractivity contribution in [1.82, 2.24) is 9.97 Å². The van der Waals surface area contributed by atoms with E-state index in [1.165, 1.54) is 13.2 Å². The van der Waals surface area contributed by atoms with Gasteiger partial charge in [0, 0.05) is 17.2 Å². The fraction of sp³-hybridized carbons (Fsp3) is 0.500. The minimum Gasteiger partial charge on any atom is -0.469 e. The van der Waals surface area contributed by atoms with E-state index in [0.717, 1.165) is 0 Å². The number of nitrogens with one attached hydrogen (secondary N) is 1. The smallest absolute Gasteiger partial charge is 0.311 e. The molecule has 0 spiro atoms. The van der Waals surface area contributed by atoms with Crippen LogP contribution in [0.15, 0.2) is 15.9 Å². The number of nitrogens with zero attached hydrogens (tertiary/aromatic N) is 2. The first-order valence-corrected chi connectivity index (χ1v) is 5.74. The maximum Gasteiger partial charge on any atom is 0.311 e. The molecule has 0 radical (unpaired) electrons. The van der Waals surface area contributed by atoms with Crippen LogP contribution in [0.4, 0.5) is 5.95 Å². The van der Waals surface area contributed by atoms with Crippen molar-refractivity contribution < 1.29 is 9.53 Å². The van der Waals surface area contributed by atoms with Crippen molar-refractivity contribution in [2.45, 2.75) is 27.2 Å². The minimum atomic E-state index is -0.488. The van der Waals surface area contributed by atoms with Gasteiger partial charge in [0.2, 0.25) is 5.95 Å². The maximum absolute atomic E-state index is 11.4. The molecule has 7 nitrogen and oxygen atoms in total. The number of carbonyl (C=O) groups excluding carboxylic acids is 1. The first-order chi connectivity index (χ1) is 8.72. The van der Waals surface area contributed by atoms with Crippen LogP contribution in [-0.2, 0) is 16.0 Å². The highest BCUT2D eigenvalue weighted by atomic mass is 16.5. The molecule has 1 heterocycles. The Bertz CT molecular complexity index is 555. The van der Waals surface area contributed by atoms with Crippen molar-refractivity contribution >= 4 is 17.8 Å². The van der Waals surface area contributed by atoms with E-state index in [1.807, 2.05) is 20.8 Å². The van der Waals surface area contributed by atoms with E-state index in [9.17, 15) is 9.59 Å². The average molecular weight is 266 g/mol. The lowest BCUT2D eigenvalue weighted by Crippen LogP contribution is -2.29. The standard InChI is InChI=1S/C12H18N4O3/c1-12(2,3)10(13)16-11-14-7(5-8(17)15-11)6-9(18)19-4/h5H,6H2,1-4H3,(H3,13,14,15,16,17). The van der Waals surface area contributed by atoms with E-state index in [4.69, 9.17) is 5.73 Å². The number of hydrogen-bond donors (Lipinski definition) is 2. The van der Waals surface area contributed by atoms with Gasteiger partial charge in [-0.2, -0.15) is 9.98 Å². The maximum atomic E-state index is 11.4. The quantitative estimate of drug-likeness (QED) is 0.470. The van der Waals surface area contributed by atoms with Gasteiger partial charge in [0.15, 0.2) is 0 Å². The molecular formula is C12H18N4O3. The lowest BCUT2D eigenvalue weighted by Gasteiger charge is -2.16. The highest BCUT2D eigenvalue weighted by Crippen LogP contribution is 2.15. The number of aliphatic imine (C=N–C) groups is 1. The topological polar surface area (TPSA) is 110 Å². The first-order valence-electron chi connectivity index (χ1n) is 5.74. The number of H-pyrrole nitrogens is 1. The normalized spacial score (nSPS) is 12.3. The molecule has 0 saturated heterocycles. The fourth-order valence-corrected chi connectivity index (χ4v) is 1.15. The van der Waals surface area contributed by atoms with Crippen LogP contribution in [0.3, 0.4) is 0 Å². The van der Waals surface area contributed by atoms with Gasteiger partial charge < -0.3 is 15.5 Å². The SMILES string of the molecule is COC(=O)Cc1cc(=O)nc(/N=C(\N)C(C)(C)C)[nH]1. The molecule has 0 unspecified atom stereocenters. The van der Waals surface area contributed by atoms with Gasteiger partial charge in [0.05, 0.1) is 13.5 Å². The molecule has 0 bridgehead atoms. The highest BCUT2D eigenvalue weighted by Gasteiger charge is 2.16. The number of rotatable bonds is 3. The number of aromatic amines is 1. The van der Waals surface area contributed by atoms with Crippen molar-refractivity contribution in [2.75, 3.05) is 7.11 Å². The molecule has 1 rings (SSSR count). The second-order valence-electron chi connectivity index (χ2n) is 5.07. The molecule has 1 aromatic heterocycles. The molecule has 0 fully saturated rings. The number of esters is 1. The monoisotopic (exact) mass is 266 g/mol. The molecular weight excluding hydrogens is 248 g/mol. The van der Waals surface area contributed by atoms with E-state index in [0.29, 0.717) is 11.5 Å². The van der Waals surface area contributed by atoms with Gasteiger partial charge in [0.1, 0.15) is 5.84 Å². The Labute approximate surface area is 110 Å². The van der Waals surface area contributed by atoms with E-state index in [-0.39, 0.29) is 17.8 Å². The van der Waals surface area contributed by atoms with Crippen molar-refractivity contribution in [3.8, 4) is 0 Å². The summed E-state index contributed by atoms with van der Waals surface area (Å²) in [4.78, 5) is 33.1. The third-order valence-electron chi connectivity index (χ3n) is 2.34. The van der Waals surface area contributed by atoms with Gasteiger partial charge in [-0.3, -0.25) is 9.59 Å². The third-order valence-corrected chi connectivity index (χ3v) is 2.34. The Morgan fingerprint density at radius 3 is 2.68 bits per heavy atom. The Balaban J connectivity index is 3.10. The van der Waals surface area contributed by atoms with Gasteiger partial charge >= 0.3 is 5.97 Å². The molecule has 19 heavy (non-hydrogen) atoms. The zero-order chi connectivity index (χ0) is 14.6. The van der Waals surface area contributed by atoms with Crippen molar-refractivity contribution in [3.63, 3.8) is 0 Å². The van der Waals surface area contributed by atoms with E-state index in [2.05, 4.69) is 19.7 Å². The summed E-state index contributed by atoms with van der Waals surface area (Å²) in [7, 11) is 1.28. The van der Waals surface area contributed by atoms with Crippen LogP contribution in [0, 0.1) is 5.41 Å². The van der Waals surface area contributed by atoms with Crippen LogP contribution in [0.5, 0.6) is 0 Å². The highest BCUT2D eigenvalue weighted by molar-refractivity contribution is 5.87. The lowest BCUT2D eigenvalue weighted by atomic mass is 9.95. The van der Waals surface area contributed by atoms with Crippen LogP contribution in [0.25, 0.3) is 0 Å². The van der Waals surface area contributed by atoms with Gasteiger partial charge in [-0.25, -0.2) is 0 Å². The summed E-state index contributed by atoms with van der Waals surface area (Å²) in [6.45, 7) is 5.67. The van der Waals surface area contributed by atoms with E-state index < -0.39 is 11.5 Å². The molecule has 0 aliphatic rings. The zero-order valence-electron chi connectivity index (χ0n) is 11.5. The molecule has 3 N–H and O–H groups in total. The Kier molecular flexibility index (Phi) is 4.42. The summed E-state index contributed by atoms with van der Waals surface area (Å²) in [5, 5.41) is 0. The van der Waals surface area contributed by atoms with Gasteiger partial charge in [0.25, 0.3) is 5.56 Å². The molecule has 104 valence electrons. The zero-order valence-corrected chi connectivity index (χ0v) is 11.5. The fourth-order valence-electron chi connectivity index (χ4n) is 1.15. The number of carbonyl (C=O) groups is 1. The predicted octanol–water partition coefficient (Wildman–Crippen LogP) is 0.520. The molecule has 0 aliphatic carbocycles. The number of nitrogens with two attached hydrogens (primary N) is 1. The van der Waals surface area contributed by atoms with Crippen molar-refractivity contribution in [2.24, 2.45) is 16.1 Å². The van der Waals surface area contributed by atoms with Crippen LogP contribution in [0.1, 0.15) is 26.5 Å². The number of ether oxygens (including phenoxy) is 1. The molecule has 0 saturated carbocycles. The summed E-state index contributed by atoms with van der Waals surface area (Å²) >= 11 is 0. The Morgan fingerprint density at radius 2 is 2.16 bits per heavy atom. The molecule has 1 aromatic rings. The largest absolute Gasteiger partial charge is 0.469 e. The summed E-state index contributed by atoms with van der Waals surface area (Å²) in [6.07, 6.45) is -0.0494. The Morgan fingerprint density at radius 1 is 1.53 bits per heavy atom. The average Bonchev–Trinajstić information content (AvgIpc) is 2.26. The second-order valence-corrected chi connectivity index (χ2v) is 5.07. The van der Waals surface area contributed by atoms with Crippen molar-refractivity contribution in [1.29, 1.82) is 0 Å². The molecule has 0 aliphatic heterocycles. The van der Waals surface area contributed by atoms with E-state index >= 15 is 0 Å². The van der Waals surface area contributed by atoms with Crippen LogP contribution >= 0.6 is 0 Å². The van der Waals surface area contributed by atoms with Gasteiger partial charge in [-0.05, 0) is 0 Å². The molecule has 0 aromatic carbocycles. The number of aromatic nitrogens is 2. The van der Waals surface area contributed by atoms with Crippen LogP contribution in [-0.4, -0.2) is 28.9 Å². The summed E-state index contributed by atoms with van der Waals surface area (Å²) < 4.78 is 4.53. The number of methoxy groups -OCH3 is 1. The second kappa shape index (κ2) is 5.64. The van der Waals surface area contributed by atoms with Crippen LogP contribution in [0.2, 0.25) is 0 Å². The summed E-state index contributed by atoms with van der Waals surface area (Å²) in [6, 6.07) is 1.23. The van der Waals surface area contributed by atoms with E-state index in [1.54, 1.807) is 0 Å². The summed E-state index contributed by atoms with van der Waals surface area (Å²) in [5.74, 6) is -0.0368. The molecule has 0 amide bonds. The van der Waals surface area contributed by atoms with Crippen molar-refractivity contribution in [3.05, 3.63) is 22.1 Å². The third kappa shape index (κ3) is 4.53. The Hall–Kier alpha value is -2.18. The number of amidine groups is 1. The molecule has 0 atom stereocenters. The van der Waals surface area contributed by atoms with Crippen LogP contribution < -0.4 is 11.3 Å². The lowest BCUT2D eigenvalue weighted by molar-refractivity contribution is -0.139. The minimum absolute atomic E-state index is 0.0494.